The number of carbonyl (C=O) groups is 2. The van der Waals surface area contributed by atoms with Crippen molar-refractivity contribution in [1.82, 2.24) is 0 Å². The number of hydrogen-bond donors (Lipinski definition) is 1. The lowest BCUT2D eigenvalue weighted by molar-refractivity contribution is -0.161. The number of ether oxygens (including phenoxy) is 2. The second-order valence-electron chi connectivity index (χ2n) is 13.0. The lowest BCUT2D eigenvalue weighted by Gasteiger charge is -2.15. The predicted octanol–water partition coefficient (Wildman–Crippen LogP) is 12.4. The van der Waals surface area contributed by atoms with E-state index in [1.807, 2.05) is 0 Å². The molecule has 276 valence electrons. The summed E-state index contributed by atoms with van der Waals surface area (Å²) in [6, 6.07) is 0. The smallest absolute Gasteiger partial charge is 0.306 e. The molecule has 5 nitrogen and oxygen atoms in total. The van der Waals surface area contributed by atoms with Crippen LogP contribution in [0.1, 0.15) is 181 Å². The molecule has 0 aliphatic heterocycles. The van der Waals surface area contributed by atoms with Gasteiger partial charge in [-0.3, -0.25) is 9.59 Å². The second kappa shape index (κ2) is 39.0. The zero-order chi connectivity index (χ0) is 35.0. The monoisotopic (exact) mass is 671 g/mol. The Bertz CT molecular complexity index is 853. The Morgan fingerprint density at radius 3 is 1.35 bits per heavy atom. The zero-order valence-corrected chi connectivity index (χ0v) is 31.2. The quantitative estimate of drug-likeness (QED) is 0.0413. The van der Waals surface area contributed by atoms with Gasteiger partial charge in [-0.1, -0.05) is 152 Å². The third-order valence-electron chi connectivity index (χ3n) is 8.28. The number of aliphatic hydroxyl groups excluding tert-OH is 1. The van der Waals surface area contributed by atoms with Gasteiger partial charge in [0.05, 0.1) is 6.61 Å². The summed E-state index contributed by atoms with van der Waals surface area (Å²) in [5, 5.41) is 9.55. The lowest BCUT2D eigenvalue weighted by atomic mass is 10.1. The molecule has 0 aliphatic rings. The van der Waals surface area contributed by atoms with Gasteiger partial charge in [-0.05, 0) is 77.0 Å². The number of hydrogen-bond acceptors (Lipinski definition) is 5. The molecule has 0 heterocycles. The average molecular weight is 671 g/mol. The van der Waals surface area contributed by atoms with Crippen LogP contribution in [0.3, 0.4) is 0 Å². The first kappa shape index (κ1) is 45.6. The third kappa shape index (κ3) is 36.4. The SMILES string of the molecule is CCCCCC=CCC=CCCCCCCCCCC(=O)O[C@@H](CO)COC(=O)CCCC=CCC=CCC=CCCCCCCCC. The van der Waals surface area contributed by atoms with Gasteiger partial charge in [-0.2, -0.15) is 0 Å². The van der Waals surface area contributed by atoms with Crippen LogP contribution in [0.5, 0.6) is 0 Å². The van der Waals surface area contributed by atoms with Crippen molar-refractivity contribution in [1.29, 1.82) is 0 Å². The van der Waals surface area contributed by atoms with Crippen molar-refractivity contribution in [3.8, 4) is 0 Å². The largest absolute Gasteiger partial charge is 0.462 e. The van der Waals surface area contributed by atoms with Crippen molar-refractivity contribution in [2.75, 3.05) is 13.2 Å². The van der Waals surface area contributed by atoms with Crippen LogP contribution in [0.25, 0.3) is 0 Å². The van der Waals surface area contributed by atoms with E-state index in [2.05, 4.69) is 74.6 Å². The molecule has 0 spiro atoms. The van der Waals surface area contributed by atoms with Gasteiger partial charge < -0.3 is 14.6 Å². The first-order valence-electron chi connectivity index (χ1n) is 19.8. The molecule has 0 saturated heterocycles. The maximum atomic E-state index is 12.2. The normalized spacial score (nSPS) is 12.8. The maximum absolute atomic E-state index is 12.2. The van der Waals surface area contributed by atoms with Crippen molar-refractivity contribution in [3.63, 3.8) is 0 Å². The van der Waals surface area contributed by atoms with Crippen LogP contribution in [0.15, 0.2) is 60.8 Å². The number of aliphatic hydroxyl groups is 1. The van der Waals surface area contributed by atoms with Crippen LogP contribution >= 0.6 is 0 Å². The molecule has 0 radical (unpaired) electrons. The number of rotatable bonds is 35. The minimum Gasteiger partial charge on any atom is -0.462 e. The van der Waals surface area contributed by atoms with Gasteiger partial charge >= 0.3 is 11.9 Å². The highest BCUT2D eigenvalue weighted by Gasteiger charge is 2.16. The highest BCUT2D eigenvalue weighted by molar-refractivity contribution is 5.70. The van der Waals surface area contributed by atoms with E-state index in [9.17, 15) is 14.7 Å². The lowest BCUT2D eigenvalue weighted by Crippen LogP contribution is -2.28. The van der Waals surface area contributed by atoms with E-state index in [0.29, 0.717) is 19.3 Å². The molecule has 0 aliphatic carbocycles. The molecule has 0 fully saturated rings. The van der Waals surface area contributed by atoms with Crippen molar-refractivity contribution in [2.45, 2.75) is 187 Å². The van der Waals surface area contributed by atoms with Crippen molar-refractivity contribution in [2.24, 2.45) is 0 Å². The van der Waals surface area contributed by atoms with Crippen LogP contribution in [0.2, 0.25) is 0 Å². The molecule has 0 bridgehead atoms. The molecule has 0 rings (SSSR count). The highest BCUT2D eigenvalue weighted by atomic mass is 16.6. The summed E-state index contributed by atoms with van der Waals surface area (Å²) in [6.07, 6.45) is 50.0. The molecule has 5 heteroatoms. The molecule has 0 aromatic rings. The Hall–Kier alpha value is -2.40. The first-order valence-corrected chi connectivity index (χ1v) is 19.8. The fraction of sp³-hybridized carbons (Fsp3) is 0.721. The van der Waals surface area contributed by atoms with E-state index in [1.165, 1.54) is 96.3 Å². The van der Waals surface area contributed by atoms with Crippen molar-refractivity contribution in [3.05, 3.63) is 60.8 Å². The highest BCUT2D eigenvalue weighted by Crippen LogP contribution is 2.12. The fourth-order valence-corrected chi connectivity index (χ4v) is 5.25. The molecular formula is C43H74O5. The predicted molar refractivity (Wildman–Crippen MR) is 205 cm³/mol. The van der Waals surface area contributed by atoms with Crippen LogP contribution < -0.4 is 0 Å². The van der Waals surface area contributed by atoms with E-state index >= 15 is 0 Å². The molecule has 0 amide bonds. The number of allylic oxidation sites excluding steroid dienone is 10. The first-order chi connectivity index (χ1) is 23.6. The van der Waals surface area contributed by atoms with Crippen LogP contribution in [-0.4, -0.2) is 36.4 Å². The molecule has 0 saturated carbocycles. The van der Waals surface area contributed by atoms with E-state index < -0.39 is 6.10 Å². The topological polar surface area (TPSA) is 72.8 Å². The summed E-state index contributed by atoms with van der Waals surface area (Å²) < 4.78 is 10.6. The van der Waals surface area contributed by atoms with E-state index in [1.54, 1.807) is 0 Å². The fourth-order valence-electron chi connectivity index (χ4n) is 5.25. The Labute approximate surface area is 296 Å². The maximum Gasteiger partial charge on any atom is 0.306 e. The van der Waals surface area contributed by atoms with Gasteiger partial charge in [0.25, 0.3) is 0 Å². The summed E-state index contributed by atoms with van der Waals surface area (Å²) in [5.41, 5.74) is 0. The third-order valence-corrected chi connectivity index (χ3v) is 8.28. The van der Waals surface area contributed by atoms with E-state index in [0.717, 1.165) is 51.4 Å². The van der Waals surface area contributed by atoms with E-state index in [4.69, 9.17) is 9.47 Å². The zero-order valence-electron chi connectivity index (χ0n) is 31.2. The standard InChI is InChI=1S/C43H74O5/c1-3-5-7-9-11-13-15-17-19-21-23-25-27-29-31-33-35-37-42(45)47-40-41(39-44)48-43(46)38-36-34-32-30-28-26-24-22-20-18-16-14-12-10-8-6-4-2/h12,14,17-20,23,25,29,31,41,44H,3-11,13,15-16,21-22,24,26-28,30,32-40H2,1-2H3/t41-/m0/s1. The van der Waals surface area contributed by atoms with Crippen LogP contribution in [0, 0.1) is 0 Å². The minimum absolute atomic E-state index is 0.0972. The number of carbonyl (C=O) groups excluding carboxylic acids is 2. The second-order valence-corrected chi connectivity index (χ2v) is 13.0. The Kier molecular flexibility index (Phi) is 37.1. The van der Waals surface area contributed by atoms with Gasteiger partial charge in [-0.15, -0.1) is 0 Å². The molecule has 1 N–H and O–H groups in total. The summed E-state index contributed by atoms with van der Waals surface area (Å²) in [7, 11) is 0. The van der Waals surface area contributed by atoms with Crippen molar-refractivity contribution < 1.29 is 24.2 Å². The summed E-state index contributed by atoms with van der Waals surface area (Å²) in [4.78, 5) is 24.2. The molecule has 0 aromatic carbocycles. The van der Waals surface area contributed by atoms with Crippen molar-refractivity contribution >= 4 is 11.9 Å². The van der Waals surface area contributed by atoms with Crippen LogP contribution in [-0.2, 0) is 19.1 Å². The van der Waals surface area contributed by atoms with Gasteiger partial charge in [0, 0.05) is 12.8 Å². The minimum atomic E-state index is -0.797. The van der Waals surface area contributed by atoms with Gasteiger partial charge in [0.15, 0.2) is 6.10 Å². The molecule has 1 atom stereocenters. The average Bonchev–Trinajstić information content (AvgIpc) is 3.09. The Morgan fingerprint density at radius 2 is 0.854 bits per heavy atom. The number of unbranched alkanes of at least 4 members (excludes halogenated alkanes) is 17. The molecule has 0 aromatic heterocycles. The van der Waals surface area contributed by atoms with Gasteiger partial charge in [0.2, 0.25) is 0 Å². The van der Waals surface area contributed by atoms with Gasteiger partial charge in [-0.25, -0.2) is 0 Å². The Balaban J connectivity index is 3.67. The van der Waals surface area contributed by atoms with E-state index in [-0.39, 0.29) is 25.2 Å². The molecule has 48 heavy (non-hydrogen) atoms. The van der Waals surface area contributed by atoms with Crippen LogP contribution in [0.4, 0.5) is 0 Å². The van der Waals surface area contributed by atoms with Gasteiger partial charge in [0.1, 0.15) is 6.61 Å². The summed E-state index contributed by atoms with van der Waals surface area (Å²) in [5.74, 6) is -0.664. The Morgan fingerprint density at radius 1 is 0.479 bits per heavy atom. The number of esters is 2. The summed E-state index contributed by atoms with van der Waals surface area (Å²) >= 11 is 0. The molecular weight excluding hydrogens is 596 g/mol. The summed E-state index contributed by atoms with van der Waals surface area (Å²) in [6.45, 7) is 4.05. The molecule has 0 unspecified atom stereocenters.